The van der Waals surface area contributed by atoms with Crippen LogP contribution in [0.4, 0.5) is 0 Å². The van der Waals surface area contributed by atoms with E-state index in [0.717, 1.165) is 41.4 Å². The summed E-state index contributed by atoms with van der Waals surface area (Å²) in [6.07, 6.45) is 11.9. The first-order valence-electron chi connectivity index (χ1n) is 7.27. The Morgan fingerprint density at radius 1 is 1.10 bits per heavy atom. The van der Waals surface area contributed by atoms with Crippen molar-refractivity contribution in [3.05, 3.63) is 59.4 Å². The predicted molar refractivity (Wildman–Crippen MR) is 88.4 cm³/mol. The van der Waals surface area contributed by atoms with Gasteiger partial charge in [0.1, 0.15) is 5.03 Å². The molecule has 0 amide bonds. The molecule has 0 atom stereocenters. The summed E-state index contributed by atoms with van der Waals surface area (Å²) in [5.74, 6) is 0.866. The molecule has 1 heterocycles. The summed E-state index contributed by atoms with van der Waals surface area (Å²) in [5.41, 5.74) is 6.20. The van der Waals surface area contributed by atoms with Crippen molar-refractivity contribution in [3.63, 3.8) is 0 Å². The predicted octanol–water partition coefficient (Wildman–Crippen LogP) is 4.50. The average molecular weight is 292 g/mol. The number of aromatic nitrogens is 2. The molecule has 104 valence electrons. The molecule has 0 aliphatic heterocycles. The zero-order valence-electron chi connectivity index (χ0n) is 12.0. The molecule has 2 aliphatic rings. The van der Waals surface area contributed by atoms with Gasteiger partial charge in [0.05, 0.1) is 5.69 Å². The fourth-order valence-electron chi connectivity index (χ4n) is 3.02. The Balaban J connectivity index is 1.91. The maximum absolute atomic E-state index is 4.88. The molecule has 1 aromatic heterocycles. The Bertz CT molecular complexity index is 775. The van der Waals surface area contributed by atoms with Gasteiger partial charge in [0, 0.05) is 23.1 Å². The first-order valence-corrected chi connectivity index (χ1v) is 8.49. The number of hydrogen-bond donors (Lipinski definition) is 0. The molecule has 4 rings (SSSR count). The fraction of sp³-hybridized carbons (Fsp3) is 0.222. The van der Waals surface area contributed by atoms with Crippen LogP contribution in [0.3, 0.4) is 0 Å². The van der Waals surface area contributed by atoms with Crippen LogP contribution >= 0.6 is 11.8 Å². The summed E-state index contributed by atoms with van der Waals surface area (Å²) in [6.45, 7) is 0. The smallest absolute Gasteiger partial charge is 0.160 e. The summed E-state index contributed by atoms with van der Waals surface area (Å²) >= 11 is 1.72. The van der Waals surface area contributed by atoms with Crippen LogP contribution in [0, 0.1) is 0 Å². The Kier molecular flexibility index (Phi) is 3.15. The first-order chi connectivity index (χ1) is 10.4. The van der Waals surface area contributed by atoms with Crippen molar-refractivity contribution >= 4 is 17.3 Å². The van der Waals surface area contributed by atoms with Crippen molar-refractivity contribution in [1.82, 2.24) is 9.97 Å². The van der Waals surface area contributed by atoms with Gasteiger partial charge in [-0.05, 0) is 24.7 Å². The molecule has 0 spiro atoms. The molecule has 0 unspecified atom stereocenters. The maximum atomic E-state index is 4.88. The van der Waals surface area contributed by atoms with Gasteiger partial charge in [0.15, 0.2) is 5.82 Å². The van der Waals surface area contributed by atoms with Crippen LogP contribution in [-0.2, 0) is 6.42 Å². The number of thioether (sulfide) groups is 1. The summed E-state index contributed by atoms with van der Waals surface area (Å²) in [6, 6.07) is 8.56. The van der Waals surface area contributed by atoms with Gasteiger partial charge >= 0.3 is 0 Å². The molecular weight excluding hydrogens is 276 g/mol. The van der Waals surface area contributed by atoms with Crippen molar-refractivity contribution in [3.8, 4) is 11.3 Å². The number of hydrogen-bond acceptors (Lipinski definition) is 3. The molecule has 1 aromatic carbocycles. The van der Waals surface area contributed by atoms with E-state index in [1.54, 1.807) is 11.8 Å². The summed E-state index contributed by atoms with van der Waals surface area (Å²) in [5, 5.41) is 1.12. The topological polar surface area (TPSA) is 25.8 Å². The Labute approximate surface area is 129 Å². The van der Waals surface area contributed by atoms with Crippen molar-refractivity contribution in [2.24, 2.45) is 0 Å². The molecule has 0 fully saturated rings. The molecule has 3 heteroatoms. The highest BCUT2D eigenvalue weighted by Gasteiger charge is 2.24. The van der Waals surface area contributed by atoms with Crippen LogP contribution in [0.1, 0.15) is 29.8 Å². The Hall–Kier alpha value is -1.87. The van der Waals surface area contributed by atoms with Crippen LogP contribution < -0.4 is 0 Å². The van der Waals surface area contributed by atoms with E-state index in [2.05, 4.69) is 48.7 Å². The van der Waals surface area contributed by atoms with Gasteiger partial charge in [0.25, 0.3) is 0 Å². The lowest BCUT2D eigenvalue weighted by Crippen LogP contribution is -2.01. The standard InChI is InChI=1S/C18H16N2S/c1-21-18-15-11-13-9-5-6-10-14(13)16(15)19-17(20-18)12-7-3-2-4-8-12/h3,5-10H,2,4,11H2,1H3. The minimum atomic E-state index is 0.866. The third-order valence-corrected chi connectivity index (χ3v) is 4.78. The van der Waals surface area contributed by atoms with E-state index in [4.69, 9.17) is 9.97 Å². The summed E-state index contributed by atoms with van der Waals surface area (Å²) < 4.78 is 0. The summed E-state index contributed by atoms with van der Waals surface area (Å²) in [7, 11) is 0. The van der Waals surface area contributed by atoms with Gasteiger partial charge in [-0.25, -0.2) is 9.97 Å². The lowest BCUT2D eigenvalue weighted by molar-refractivity contribution is 0.964. The van der Waals surface area contributed by atoms with Gasteiger partial charge in [-0.1, -0.05) is 42.5 Å². The second-order valence-electron chi connectivity index (χ2n) is 5.36. The van der Waals surface area contributed by atoms with E-state index < -0.39 is 0 Å². The number of benzene rings is 1. The van der Waals surface area contributed by atoms with Crippen molar-refractivity contribution < 1.29 is 0 Å². The highest BCUT2D eigenvalue weighted by atomic mass is 32.2. The quantitative estimate of drug-likeness (QED) is 0.513. The number of rotatable bonds is 2. The third kappa shape index (κ3) is 2.12. The normalized spacial score (nSPS) is 15.6. The van der Waals surface area contributed by atoms with E-state index >= 15 is 0 Å². The highest BCUT2D eigenvalue weighted by molar-refractivity contribution is 7.98. The van der Waals surface area contributed by atoms with Gasteiger partial charge < -0.3 is 0 Å². The lowest BCUT2D eigenvalue weighted by atomic mass is 10.1. The second kappa shape index (κ2) is 5.15. The van der Waals surface area contributed by atoms with E-state index in [9.17, 15) is 0 Å². The highest BCUT2D eigenvalue weighted by Crippen LogP contribution is 2.39. The van der Waals surface area contributed by atoms with E-state index in [0.29, 0.717) is 0 Å². The molecule has 0 bridgehead atoms. The molecule has 0 saturated carbocycles. The third-order valence-electron chi connectivity index (χ3n) is 4.06. The van der Waals surface area contributed by atoms with Crippen LogP contribution in [0.25, 0.3) is 16.8 Å². The maximum Gasteiger partial charge on any atom is 0.160 e. The molecular formula is C18H16N2S. The van der Waals surface area contributed by atoms with Gasteiger partial charge in [0.2, 0.25) is 0 Å². The van der Waals surface area contributed by atoms with Gasteiger partial charge in [-0.15, -0.1) is 11.8 Å². The zero-order valence-corrected chi connectivity index (χ0v) is 12.8. The zero-order chi connectivity index (χ0) is 14.2. The minimum Gasteiger partial charge on any atom is -0.228 e. The van der Waals surface area contributed by atoms with Gasteiger partial charge in [-0.3, -0.25) is 0 Å². The molecule has 0 radical (unpaired) electrons. The van der Waals surface area contributed by atoms with E-state index in [1.165, 1.54) is 16.7 Å². The van der Waals surface area contributed by atoms with Crippen LogP contribution in [0.5, 0.6) is 0 Å². The Morgan fingerprint density at radius 3 is 2.81 bits per heavy atom. The van der Waals surface area contributed by atoms with Crippen LogP contribution in [-0.4, -0.2) is 16.2 Å². The van der Waals surface area contributed by atoms with E-state index in [1.807, 2.05) is 0 Å². The summed E-state index contributed by atoms with van der Waals surface area (Å²) in [4.78, 5) is 9.68. The first kappa shape index (κ1) is 12.8. The lowest BCUT2D eigenvalue weighted by Gasteiger charge is -2.11. The number of fused-ring (bicyclic) bond motifs is 3. The van der Waals surface area contributed by atoms with Crippen LogP contribution in [0.15, 0.2) is 47.5 Å². The van der Waals surface area contributed by atoms with E-state index in [-0.39, 0.29) is 0 Å². The Morgan fingerprint density at radius 2 is 2.00 bits per heavy atom. The monoisotopic (exact) mass is 292 g/mol. The molecule has 2 aliphatic carbocycles. The molecule has 0 saturated heterocycles. The number of nitrogens with zero attached hydrogens (tertiary/aromatic N) is 2. The van der Waals surface area contributed by atoms with Gasteiger partial charge in [-0.2, -0.15) is 0 Å². The SMILES string of the molecule is CSc1nc(C2=CCCC=C2)nc2c1Cc1ccccc1-2. The fourth-order valence-corrected chi connectivity index (χ4v) is 3.61. The molecule has 21 heavy (non-hydrogen) atoms. The second-order valence-corrected chi connectivity index (χ2v) is 6.15. The average Bonchev–Trinajstić information content (AvgIpc) is 2.93. The number of allylic oxidation sites excluding steroid dienone is 4. The van der Waals surface area contributed by atoms with Crippen molar-refractivity contribution in [2.45, 2.75) is 24.3 Å². The van der Waals surface area contributed by atoms with Crippen molar-refractivity contribution in [1.29, 1.82) is 0 Å². The molecule has 0 N–H and O–H groups in total. The molecule has 2 aromatic rings. The molecule has 2 nitrogen and oxygen atoms in total. The van der Waals surface area contributed by atoms with Crippen LogP contribution in [0.2, 0.25) is 0 Å². The minimum absolute atomic E-state index is 0.866. The largest absolute Gasteiger partial charge is 0.228 e. The van der Waals surface area contributed by atoms with Crippen molar-refractivity contribution in [2.75, 3.05) is 6.26 Å².